The zero-order chi connectivity index (χ0) is 19.5. The van der Waals surface area contributed by atoms with E-state index >= 15 is 0 Å². The van der Waals surface area contributed by atoms with Crippen molar-refractivity contribution >= 4 is 18.7 Å². The van der Waals surface area contributed by atoms with Crippen molar-refractivity contribution in [2.24, 2.45) is 0 Å². The topological polar surface area (TPSA) is 90.9 Å². The van der Waals surface area contributed by atoms with Gasteiger partial charge in [-0.25, -0.2) is 0 Å². The number of carboxylic acid groups (broad SMARTS) is 2. The molecule has 1 aromatic rings. The van der Waals surface area contributed by atoms with Gasteiger partial charge in [0.2, 0.25) is 0 Å². The molecule has 1 aliphatic rings. The van der Waals surface area contributed by atoms with Gasteiger partial charge in [0.25, 0.3) is 0 Å². The van der Waals surface area contributed by atoms with Crippen molar-refractivity contribution in [2.45, 2.75) is 45.1 Å². The van der Waals surface area contributed by atoms with E-state index in [1.807, 2.05) is 27.7 Å². The molecular formula is C15H18BF3K2O6. The van der Waals surface area contributed by atoms with Crippen LogP contribution in [-0.2, 0) is 9.31 Å². The van der Waals surface area contributed by atoms with Crippen LogP contribution in [0.1, 0.15) is 27.7 Å². The summed E-state index contributed by atoms with van der Waals surface area (Å²) < 4.78 is 52.6. The van der Waals surface area contributed by atoms with E-state index in [2.05, 4.69) is 4.74 Å². The zero-order valence-corrected chi connectivity index (χ0v) is 22.4. The van der Waals surface area contributed by atoms with Gasteiger partial charge >= 0.3 is 116 Å². The first-order valence-corrected chi connectivity index (χ1v) is 7.27. The molecule has 0 aromatic heterocycles. The monoisotopic (exact) mass is 440 g/mol. The summed E-state index contributed by atoms with van der Waals surface area (Å²) in [6.07, 6.45) is -6.68. The van der Waals surface area contributed by atoms with Crippen LogP contribution in [0.15, 0.2) is 24.3 Å². The van der Waals surface area contributed by atoms with E-state index in [1.54, 1.807) is 12.1 Å². The maximum atomic E-state index is 12.1. The van der Waals surface area contributed by atoms with Crippen molar-refractivity contribution in [3.8, 4) is 5.75 Å². The first kappa shape index (κ1) is 30.5. The number of carbonyl (C=O) groups is 1. The number of benzene rings is 1. The van der Waals surface area contributed by atoms with Gasteiger partial charge in [0, 0.05) is 0 Å². The third-order valence-corrected chi connectivity index (χ3v) is 3.81. The molecule has 1 heterocycles. The van der Waals surface area contributed by atoms with Gasteiger partial charge in [-0.2, -0.15) is 13.2 Å². The smallest absolute Gasteiger partial charge is 0.652 e. The fourth-order valence-corrected chi connectivity index (χ4v) is 1.87. The van der Waals surface area contributed by atoms with Gasteiger partial charge in [0.15, 0.2) is 6.61 Å². The number of halogens is 3. The molecule has 12 heteroatoms. The standard InChI is InChI=1S/C14H18BF3O3.CH2O3.2K/c1-12(2)13(3,4)21-15(20-12)10-5-7-11(8-6-10)19-9-14(16,17)18;2-1(3)4;;/h5-8H,9H2,1-4H3;(H2,2,3,4);;/q;;2*+1/p-2. The molecule has 1 saturated heterocycles. The summed E-state index contributed by atoms with van der Waals surface area (Å²) in [5.74, 6) is 0.160. The molecule has 0 N–H and O–H groups in total. The molecule has 0 aliphatic carbocycles. The minimum atomic E-state index is -4.34. The fraction of sp³-hybridized carbons (Fsp3) is 0.533. The molecule has 0 spiro atoms. The fourth-order valence-electron chi connectivity index (χ4n) is 1.87. The maximum absolute atomic E-state index is 12.1. The van der Waals surface area contributed by atoms with Crippen LogP contribution in [0, 0.1) is 0 Å². The van der Waals surface area contributed by atoms with Crippen molar-refractivity contribution in [3.05, 3.63) is 24.3 Å². The number of alkyl halides is 3. The molecule has 27 heavy (non-hydrogen) atoms. The minimum absolute atomic E-state index is 0. The van der Waals surface area contributed by atoms with Gasteiger partial charge in [-0.15, -0.1) is 0 Å². The molecule has 0 atom stereocenters. The SMILES string of the molecule is CC1(C)OB(c2ccc(OCC(F)(F)F)cc2)OC1(C)C.O=C([O-])[O-].[K+].[K+]. The number of hydrogen-bond donors (Lipinski definition) is 0. The van der Waals surface area contributed by atoms with Crippen molar-refractivity contribution in [3.63, 3.8) is 0 Å². The molecule has 2 rings (SSSR count). The normalized spacial score (nSPS) is 16.9. The van der Waals surface area contributed by atoms with Crippen LogP contribution < -0.4 is 123 Å². The number of ether oxygens (including phenoxy) is 1. The Morgan fingerprint density at radius 3 is 1.74 bits per heavy atom. The van der Waals surface area contributed by atoms with E-state index < -0.39 is 37.3 Å². The summed E-state index contributed by atoms with van der Waals surface area (Å²) in [7, 11) is -0.535. The van der Waals surface area contributed by atoms with Crippen LogP contribution in [-0.4, -0.2) is 37.3 Å². The molecule has 0 saturated carbocycles. The predicted molar refractivity (Wildman–Crippen MR) is 79.1 cm³/mol. The van der Waals surface area contributed by atoms with Crippen LogP contribution in [0.4, 0.5) is 18.0 Å². The Labute approximate surface area is 241 Å². The number of carbonyl (C=O) groups excluding carboxylic acids is 1. The largest absolute Gasteiger partial charge is 1.00 e. The first-order chi connectivity index (χ1) is 11.2. The van der Waals surface area contributed by atoms with Crippen LogP contribution in [0.25, 0.3) is 0 Å². The Hall–Kier alpha value is 1.34. The molecule has 0 unspecified atom stereocenters. The molecule has 6 nitrogen and oxygen atoms in total. The van der Waals surface area contributed by atoms with Crippen LogP contribution in [0.5, 0.6) is 5.75 Å². The van der Waals surface area contributed by atoms with Gasteiger partial charge in [-0.3, -0.25) is 0 Å². The molecular weight excluding hydrogens is 422 g/mol. The van der Waals surface area contributed by atoms with Gasteiger partial charge in [0.05, 0.1) is 11.2 Å². The minimum Gasteiger partial charge on any atom is -0.652 e. The van der Waals surface area contributed by atoms with Gasteiger partial charge in [0.1, 0.15) is 5.75 Å². The van der Waals surface area contributed by atoms with Crippen LogP contribution >= 0.6 is 0 Å². The third kappa shape index (κ3) is 10.8. The van der Waals surface area contributed by atoms with Crippen molar-refractivity contribution in [2.75, 3.05) is 6.61 Å². The van der Waals surface area contributed by atoms with E-state index in [0.29, 0.717) is 0 Å². The van der Waals surface area contributed by atoms with Crippen LogP contribution in [0.3, 0.4) is 0 Å². The Bertz CT molecular complexity index is 576. The van der Waals surface area contributed by atoms with E-state index in [0.717, 1.165) is 5.46 Å². The molecule has 0 radical (unpaired) electrons. The second-order valence-corrected chi connectivity index (χ2v) is 6.31. The molecule has 1 fully saturated rings. The summed E-state index contributed by atoms with van der Waals surface area (Å²) in [6, 6.07) is 6.25. The van der Waals surface area contributed by atoms with Gasteiger partial charge in [-0.05, 0) is 51.4 Å². The van der Waals surface area contributed by atoms with Crippen LogP contribution in [0.2, 0.25) is 0 Å². The Morgan fingerprint density at radius 1 is 1.04 bits per heavy atom. The quantitative estimate of drug-likeness (QED) is 0.436. The van der Waals surface area contributed by atoms with Gasteiger partial charge < -0.3 is 29.1 Å². The van der Waals surface area contributed by atoms with Crippen molar-refractivity contribution in [1.82, 2.24) is 0 Å². The maximum Gasteiger partial charge on any atom is 1.00 e. The Morgan fingerprint density at radius 2 is 1.41 bits per heavy atom. The molecule has 1 aromatic carbocycles. The summed E-state index contributed by atoms with van der Waals surface area (Å²) in [4.78, 5) is 8.33. The predicted octanol–water partition coefficient (Wildman–Crippen LogP) is -5.51. The summed E-state index contributed by atoms with van der Waals surface area (Å²) in [5.41, 5.74) is -0.167. The molecule has 1 aliphatic heterocycles. The Kier molecular flexibility index (Phi) is 13.9. The van der Waals surface area contributed by atoms with Gasteiger partial charge in [-0.1, -0.05) is 12.1 Å². The molecule has 0 amide bonds. The second kappa shape index (κ2) is 12.3. The molecule has 140 valence electrons. The number of rotatable bonds is 3. The van der Waals surface area contributed by atoms with E-state index in [4.69, 9.17) is 24.3 Å². The zero-order valence-electron chi connectivity index (χ0n) is 16.2. The summed E-state index contributed by atoms with van der Waals surface area (Å²) in [5, 5.41) is 16.7. The average molecular weight is 440 g/mol. The van der Waals surface area contributed by atoms with Crippen molar-refractivity contribution in [1.29, 1.82) is 0 Å². The Balaban J connectivity index is 0. The van der Waals surface area contributed by atoms with E-state index in [9.17, 15) is 13.2 Å². The molecule has 0 bridgehead atoms. The van der Waals surface area contributed by atoms with E-state index in [-0.39, 0.29) is 109 Å². The average Bonchev–Trinajstić information content (AvgIpc) is 2.64. The first-order valence-electron chi connectivity index (χ1n) is 7.27. The third-order valence-electron chi connectivity index (χ3n) is 3.81. The van der Waals surface area contributed by atoms with Crippen molar-refractivity contribution < 1.29 is 145 Å². The van der Waals surface area contributed by atoms with E-state index in [1.165, 1.54) is 12.1 Å². The summed E-state index contributed by atoms with van der Waals surface area (Å²) >= 11 is 0. The second-order valence-electron chi connectivity index (χ2n) is 6.31. The number of hydrogen-bond acceptors (Lipinski definition) is 6. The summed E-state index contributed by atoms with van der Waals surface area (Å²) in [6.45, 7) is 6.45.